The standard InChI is InChI=1S/C34H45ClN4O6.C33H43ClN4O6/c1-6-23-17-34(23,31(43)44-5)37-29(41)26-19-33(18-25(38-45-33)22-13-10-14-24(35)16-22)20-39(26)30(42)28(32(2,3)4)36-27(40)15-21-11-8-7-9-12-21;1-5-22-16-33(22,30(42)43)36-28(40)25-18-32(17-24(37-44-32)21-12-9-13-23(34)15-21)19-38(25)29(41)27(31(2,3)4)35-26(39)14-20-10-7-6-8-11-20/h6,10,13-14,16,21,23,26,28H,1,7-9,11-12,15,17-20H2,2-5H3,(H,36,40)(H,37,41);5,9,12-13,15,20,22,25,27H,1,6-8,10-11,14,16-19H2,2-4H3,(H,35,39)(H,36,40)(H,42,43)/t23-,26+,28-,33-,34-;22-,25+,27-,32-,33-/m11/s1. The number of ether oxygens (including phenoxy) is 1. The van der Waals surface area contributed by atoms with Crippen molar-refractivity contribution in [2.45, 2.75) is 204 Å². The van der Waals surface area contributed by atoms with Crippen molar-refractivity contribution in [3.05, 3.63) is 95.0 Å². The van der Waals surface area contributed by atoms with E-state index in [1.807, 2.05) is 65.8 Å². The number of methoxy groups -OCH3 is 1. The van der Waals surface area contributed by atoms with Crippen LogP contribution in [0, 0.1) is 34.5 Å². The normalized spacial score (nSPS) is 28.8. The van der Waals surface area contributed by atoms with Crippen LogP contribution in [0.15, 0.2) is 84.2 Å². The molecule has 0 unspecified atom stereocenters. The van der Waals surface area contributed by atoms with Gasteiger partial charge < -0.3 is 50.6 Å². The van der Waals surface area contributed by atoms with E-state index in [1.54, 1.807) is 30.3 Å². The van der Waals surface area contributed by atoms with Crippen molar-refractivity contribution in [3.63, 3.8) is 0 Å². The van der Waals surface area contributed by atoms with Gasteiger partial charge in [-0.3, -0.25) is 28.8 Å². The molecule has 4 heterocycles. The van der Waals surface area contributed by atoms with E-state index in [0.717, 1.165) is 62.5 Å². The molecule has 4 aliphatic carbocycles. The molecule has 5 N–H and O–H groups in total. The maximum absolute atomic E-state index is 14.5. The second-order valence-electron chi connectivity index (χ2n) is 28.3. The number of carbonyl (C=O) groups is 8. The second-order valence-corrected chi connectivity index (χ2v) is 29.2. The fraction of sp³-hybridized carbons (Fsp3) is 0.612. The maximum atomic E-state index is 14.5. The molecule has 6 amide bonds. The maximum Gasteiger partial charge on any atom is 0.332 e. The van der Waals surface area contributed by atoms with Gasteiger partial charge in [0.05, 0.1) is 31.6 Å². The van der Waals surface area contributed by atoms with E-state index >= 15 is 0 Å². The Kier molecular flexibility index (Phi) is 19.9. The highest BCUT2D eigenvalue weighted by atomic mass is 35.5. The van der Waals surface area contributed by atoms with Crippen LogP contribution in [0.4, 0.5) is 0 Å². The first-order valence-corrected chi connectivity index (χ1v) is 32.3. The minimum atomic E-state index is -1.46. The van der Waals surface area contributed by atoms with Crippen molar-refractivity contribution in [1.82, 2.24) is 31.1 Å². The third kappa shape index (κ3) is 14.8. The van der Waals surface area contributed by atoms with E-state index in [2.05, 4.69) is 44.7 Å². The lowest BCUT2D eigenvalue weighted by atomic mass is 9.84. The molecular formula is C67H88Cl2N8O12. The zero-order valence-corrected chi connectivity index (χ0v) is 53.9. The Morgan fingerprint density at radius 2 is 1.03 bits per heavy atom. The molecule has 2 spiro atoms. The summed E-state index contributed by atoms with van der Waals surface area (Å²) in [5.41, 5.74) is -3.08. The molecule has 22 heteroatoms. The SMILES string of the molecule is C=C[C@@H]1C[C@]1(NC(=O)[C@@H]1C[C@]2(CC(c3cccc(Cl)c3)=NO2)CN1C(=O)[C@@H](NC(=O)CC1CCCCC1)C(C)(C)C)C(=O)O.C=C[C@@H]1C[C@]1(NC(=O)[C@@H]1C[C@]2(CC(c3cccc(Cl)c3)=NO2)CN1C(=O)[C@@H](NC(=O)CC1CCCCC1)C(C)(C)C)C(=O)OC. The van der Waals surface area contributed by atoms with Crippen LogP contribution in [0.1, 0.15) is 168 Å². The molecule has 2 aromatic carbocycles. The summed E-state index contributed by atoms with van der Waals surface area (Å²) < 4.78 is 5.02. The number of hydrogen-bond donors (Lipinski definition) is 5. The summed E-state index contributed by atoms with van der Waals surface area (Å²) in [4.78, 5) is 123. The number of carboxylic acid groups (broad SMARTS) is 1. The Morgan fingerprint density at radius 3 is 1.38 bits per heavy atom. The zero-order chi connectivity index (χ0) is 64.4. The Balaban J connectivity index is 0.000000211. The molecule has 4 saturated carbocycles. The fourth-order valence-corrected chi connectivity index (χ4v) is 14.5. The van der Waals surface area contributed by atoms with Crippen molar-refractivity contribution in [3.8, 4) is 0 Å². The number of likely N-dealkylation sites (tertiary alicyclic amines) is 2. The number of esters is 1. The molecule has 10 rings (SSSR count). The Bertz CT molecular complexity index is 3170. The van der Waals surface area contributed by atoms with Crippen LogP contribution >= 0.6 is 23.2 Å². The largest absolute Gasteiger partial charge is 0.479 e. The van der Waals surface area contributed by atoms with Crippen molar-refractivity contribution in [2.24, 2.45) is 44.8 Å². The number of carbonyl (C=O) groups excluding carboxylic acids is 7. The Hall–Kier alpha value is -6.80. The molecule has 20 nitrogen and oxygen atoms in total. The van der Waals surface area contributed by atoms with Gasteiger partial charge in [-0.05, 0) is 85.5 Å². The van der Waals surface area contributed by atoms with Gasteiger partial charge >= 0.3 is 11.9 Å². The average Bonchev–Trinajstić information content (AvgIpc) is 1.60. The zero-order valence-electron chi connectivity index (χ0n) is 52.4. The van der Waals surface area contributed by atoms with E-state index in [4.69, 9.17) is 37.6 Å². The lowest BCUT2D eigenvalue weighted by molar-refractivity contribution is -0.149. The van der Waals surface area contributed by atoms with E-state index in [1.165, 1.54) is 35.8 Å². The van der Waals surface area contributed by atoms with Gasteiger partial charge in [0.15, 0.2) is 11.2 Å². The third-order valence-corrected chi connectivity index (χ3v) is 19.9. The van der Waals surface area contributed by atoms with E-state index < -0.39 is 92.9 Å². The number of halogens is 2. The van der Waals surface area contributed by atoms with Gasteiger partial charge in [-0.25, -0.2) is 9.59 Å². The molecule has 0 radical (unpaired) electrons. The minimum absolute atomic E-state index is 0.0491. The monoisotopic (exact) mass is 1270 g/mol. The molecule has 0 bridgehead atoms. The number of nitrogens with one attached hydrogen (secondary N) is 4. The van der Waals surface area contributed by atoms with Crippen LogP contribution in [0.25, 0.3) is 0 Å². The molecular weight excluding hydrogens is 1180 g/mol. The highest BCUT2D eigenvalue weighted by Gasteiger charge is 2.65. The van der Waals surface area contributed by atoms with E-state index in [0.29, 0.717) is 65.4 Å². The van der Waals surface area contributed by atoms with Crippen molar-refractivity contribution in [1.29, 1.82) is 0 Å². The summed E-state index contributed by atoms with van der Waals surface area (Å²) in [6.45, 7) is 19.0. The number of hydrogen-bond acceptors (Lipinski definition) is 13. The molecule has 2 saturated heterocycles. The molecule has 4 aliphatic heterocycles. The van der Waals surface area contributed by atoms with Gasteiger partial charge in [0.1, 0.15) is 35.2 Å². The van der Waals surface area contributed by atoms with Crippen molar-refractivity contribution >= 4 is 82.0 Å². The molecule has 89 heavy (non-hydrogen) atoms. The lowest BCUT2D eigenvalue weighted by Gasteiger charge is -2.36. The summed E-state index contributed by atoms with van der Waals surface area (Å²) in [6, 6.07) is 10.7. The molecule has 2 aromatic rings. The van der Waals surface area contributed by atoms with Crippen LogP contribution in [-0.2, 0) is 52.8 Å². The van der Waals surface area contributed by atoms with Gasteiger partial charge in [-0.15, -0.1) is 13.2 Å². The second kappa shape index (κ2) is 26.6. The fourth-order valence-electron chi connectivity index (χ4n) is 14.1. The number of nitrogens with zero attached hydrogens (tertiary/aromatic N) is 4. The number of rotatable bonds is 18. The predicted octanol–water partition coefficient (Wildman–Crippen LogP) is 8.99. The Morgan fingerprint density at radius 1 is 0.640 bits per heavy atom. The summed E-state index contributed by atoms with van der Waals surface area (Å²) in [7, 11) is 1.28. The van der Waals surface area contributed by atoms with Crippen LogP contribution in [0.3, 0.4) is 0 Å². The quantitative estimate of drug-likeness (QED) is 0.0692. The number of oxime groups is 2. The van der Waals surface area contributed by atoms with Crippen molar-refractivity contribution < 1.29 is 57.9 Å². The third-order valence-electron chi connectivity index (χ3n) is 19.4. The number of aliphatic carboxylic acids is 1. The highest BCUT2D eigenvalue weighted by molar-refractivity contribution is 6.31. The average molecular weight is 1270 g/mol. The lowest BCUT2D eigenvalue weighted by Crippen LogP contribution is -2.59. The van der Waals surface area contributed by atoms with Gasteiger partial charge in [-0.2, -0.15) is 0 Å². The van der Waals surface area contributed by atoms with Crippen LogP contribution in [-0.4, -0.2) is 140 Å². The summed E-state index contributed by atoms with van der Waals surface area (Å²) >= 11 is 12.4. The smallest absolute Gasteiger partial charge is 0.332 e. The van der Waals surface area contributed by atoms with E-state index in [9.17, 15) is 43.5 Å². The highest BCUT2D eigenvalue weighted by Crippen LogP contribution is 2.48. The summed E-state index contributed by atoms with van der Waals surface area (Å²) in [6.07, 6.45) is 16.3. The molecule has 10 atom stereocenters. The van der Waals surface area contributed by atoms with Gasteiger partial charge in [0, 0.05) is 71.5 Å². The Labute approximate surface area is 532 Å². The van der Waals surface area contributed by atoms with E-state index in [-0.39, 0.29) is 56.0 Å². The minimum Gasteiger partial charge on any atom is -0.479 e. The van der Waals surface area contributed by atoms with Gasteiger partial charge in [0.25, 0.3) is 0 Å². The number of benzene rings is 2. The first kappa shape index (κ1) is 66.6. The molecule has 482 valence electrons. The van der Waals surface area contributed by atoms with Crippen molar-refractivity contribution in [2.75, 3.05) is 20.2 Å². The van der Waals surface area contributed by atoms with Gasteiger partial charge in [-0.1, -0.05) is 150 Å². The van der Waals surface area contributed by atoms with Gasteiger partial charge in [0.2, 0.25) is 35.4 Å². The summed E-state index contributed by atoms with van der Waals surface area (Å²) in [5.74, 6) is -3.99. The number of carboxylic acids is 1. The predicted molar refractivity (Wildman–Crippen MR) is 336 cm³/mol. The topological polar surface area (TPSA) is 264 Å². The first-order chi connectivity index (χ1) is 42.1. The molecule has 0 aromatic heterocycles. The summed E-state index contributed by atoms with van der Waals surface area (Å²) in [5, 5.41) is 31.4. The van der Waals surface area contributed by atoms with Crippen LogP contribution in [0.5, 0.6) is 0 Å². The molecule has 6 fully saturated rings. The molecule has 8 aliphatic rings. The first-order valence-electron chi connectivity index (χ1n) is 31.5. The van der Waals surface area contributed by atoms with Crippen LogP contribution < -0.4 is 21.3 Å². The van der Waals surface area contributed by atoms with Crippen LogP contribution in [0.2, 0.25) is 10.0 Å². The number of amides is 6.